The second-order valence-corrected chi connectivity index (χ2v) is 11.3. The van der Waals surface area contributed by atoms with Gasteiger partial charge in [0.05, 0.1) is 29.1 Å². The summed E-state index contributed by atoms with van der Waals surface area (Å²) < 4.78 is 47.0. The van der Waals surface area contributed by atoms with Gasteiger partial charge >= 0.3 is 0 Å². The van der Waals surface area contributed by atoms with Gasteiger partial charge in [0.25, 0.3) is 0 Å². The fourth-order valence-corrected chi connectivity index (χ4v) is 9.11. The van der Waals surface area contributed by atoms with Crippen molar-refractivity contribution in [2.75, 3.05) is 23.0 Å². The molecular weight excluding hydrogens is 314 g/mol. The molecular formula is C9H13NO4S4. The van der Waals surface area contributed by atoms with Gasteiger partial charge in [-0.05, 0) is 6.42 Å². The van der Waals surface area contributed by atoms with Gasteiger partial charge in [-0.1, -0.05) is 24.0 Å². The Bertz CT molecular complexity index is 596. The van der Waals surface area contributed by atoms with Crippen LogP contribution < -0.4 is 0 Å². The molecule has 9 heteroatoms. The maximum Gasteiger partial charge on any atom is 0.153 e. The van der Waals surface area contributed by atoms with Gasteiger partial charge in [0.2, 0.25) is 0 Å². The van der Waals surface area contributed by atoms with Crippen LogP contribution in [0.5, 0.6) is 0 Å². The summed E-state index contributed by atoms with van der Waals surface area (Å²) in [5.74, 6) is 0.572. The highest BCUT2D eigenvalue weighted by Gasteiger charge is 2.51. The zero-order valence-corrected chi connectivity index (χ0v) is 12.7. The van der Waals surface area contributed by atoms with Gasteiger partial charge < -0.3 is 4.90 Å². The fourth-order valence-electron chi connectivity index (χ4n) is 2.91. The largest absolute Gasteiger partial charge is 0.348 e. The van der Waals surface area contributed by atoms with Gasteiger partial charge in [-0.25, -0.2) is 16.8 Å². The van der Waals surface area contributed by atoms with Gasteiger partial charge in [0, 0.05) is 11.3 Å². The molecule has 0 radical (unpaired) electrons. The smallest absolute Gasteiger partial charge is 0.153 e. The van der Waals surface area contributed by atoms with Crippen molar-refractivity contribution in [2.24, 2.45) is 0 Å². The third-order valence-electron chi connectivity index (χ3n) is 3.69. The monoisotopic (exact) mass is 327 g/mol. The SMILES string of the molecule is O=S1(=O)CC[C@H](N2C(=S)S[C@@H]3CS(=O)(=O)C[C@@H]32)C1. The van der Waals surface area contributed by atoms with E-state index in [0.29, 0.717) is 10.7 Å². The molecule has 18 heavy (non-hydrogen) atoms. The molecule has 3 atom stereocenters. The van der Waals surface area contributed by atoms with E-state index in [0.717, 1.165) is 0 Å². The first-order chi connectivity index (χ1) is 8.27. The minimum atomic E-state index is -2.99. The molecule has 0 spiro atoms. The molecule has 3 rings (SSSR count). The lowest BCUT2D eigenvalue weighted by Crippen LogP contribution is -2.44. The van der Waals surface area contributed by atoms with Crippen LogP contribution in [0.15, 0.2) is 0 Å². The molecule has 5 nitrogen and oxygen atoms in total. The number of hydrogen-bond acceptors (Lipinski definition) is 6. The predicted molar refractivity (Wildman–Crippen MR) is 75.3 cm³/mol. The molecule has 0 aromatic heterocycles. The standard InChI is InChI=1S/C9H13NO4S4/c11-17(12)2-1-6(3-17)10-7-4-18(13,14)5-8(7)16-9(10)15/h6-8H,1-5H2/t6-,7-,8+/m0/s1. The average molecular weight is 327 g/mol. The Morgan fingerprint density at radius 2 is 1.83 bits per heavy atom. The molecule has 0 bridgehead atoms. The summed E-state index contributed by atoms with van der Waals surface area (Å²) >= 11 is 6.70. The zero-order chi connectivity index (χ0) is 13.1. The number of rotatable bonds is 1. The van der Waals surface area contributed by atoms with E-state index in [9.17, 15) is 16.8 Å². The molecule has 0 N–H and O–H groups in total. The number of sulfone groups is 2. The van der Waals surface area contributed by atoms with Crippen LogP contribution in [-0.4, -0.2) is 66.4 Å². The van der Waals surface area contributed by atoms with Crippen molar-refractivity contribution >= 4 is 48.0 Å². The summed E-state index contributed by atoms with van der Waals surface area (Å²) in [5.41, 5.74) is 0. The number of thiocarbonyl (C=S) groups is 1. The molecule has 3 heterocycles. The van der Waals surface area contributed by atoms with Crippen LogP contribution in [0.25, 0.3) is 0 Å². The minimum Gasteiger partial charge on any atom is -0.348 e. The third-order valence-corrected chi connectivity index (χ3v) is 9.07. The van der Waals surface area contributed by atoms with E-state index < -0.39 is 19.7 Å². The first kappa shape index (κ1) is 13.1. The van der Waals surface area contributed by atoms with Gasteiger partial charge in [-0.2, -0.15) is 0 Å². The predicted octanol–water partition coefficient (Wildman–Crippen LogP) is -0.327. The van der Waals surface area contributed by atoms with Gasteiger partial charge in [-0.15, -0.1) is 0 Å². The van der Waals surface area contributed by atoms with Crippen LogP contribution in [0.2, 0.25) is 0 Å². The van der Waals surface area contributed by atoms with E-state index in [1.165, 1.54) is 11.8 Å². The van der Waals surface area contributed by atoms with E-state index in [1.807, 2.05) is 4.90 Å². The lowest BCUT2D eigenvalue weighted by Gasteiger charge is -2.29. The van der Waals surface area contributed by atoms with E-state index in [4.69, 9.17) is 12.2 Å². The van der Waals surface area contributed by atoms with Gasteiger partial charge in [-0.3, -0.25) is 0 Å². The average Bonchev–Trinajstić information content (AvgIpc) is 2.75. The summed E-state index contributed by atoms with van der Waals surface area (Å²) in [6.45, 7) is 0. The number of hydrogen-bond donors (Lipinski definition) is 0. The van der Waals surface area contributed by atoms with Crippen LogP contribution in [0.3, 0.4) is 0 Å². The van der Waals surface area contributed by atoms with Crippen LogP contribution in [0.4, 0.5) is 0 Å². The molecule has 0 aliphatic carbocycles. The summed E-state index contributed by atoms with van der Waals surface area (Å²) in [6.07, 6.45) is 0.562. The third kappa shape index (κ3) is 2.19. The number of thioether (sulfide) groups is 1. The Hall–Kier alpha value is 0.140. The van der Waals surface area contributed by atoms with Crippen molar-refractivity contribution in [3.8, 4) is 0 Å². The normalized spacial score (nSPS) is 41.2. The molecule has 3 saturated heterocycles. The van der Waals surface area contributed by atoms with Crippen LogP contribution in [-0.2, 0) is 19.7 Å². The maximum atomic E-state index is 11.6. The zero-order valence-electron chi connectivity index (χ0n) is 9.48. The number of fused-ring (bicyclic) bond motifs is 1. The fraction of sp³-hybridized carbons (Fsp3) is 0.889. The molecule has 3 fully saturated rings. The lowest BCUT2D eigenvalue weighted by molar-refractivity contribution is 0.292. The molecule has 0 aromatic rings. The highest BCUT2D eigenvalue weighted by atomic mass is 32.2. The molecule has 3 aliphatic rings. The van der Waals surface area contributed by atoms with Crippen molar-refractivity contribution in [3.63, 3.8) is 0 Å². The molecule has 102 valence electrons. The van der Waals surface area contributed by atoms with Gasteiger partial charge in [0.1, 0.15) is 4.32 Å². The van der Waals surface area contributed by atoms with E-state index in [1.54, 1.807) is 0 Å². The highest BCUT2D eigenvalue weighted by molar-refractivity contribution is 8.24. The maximum absolute atomic E-state index is 11.6. The lowest BCUT2D eigenvalue weighted by atomic mass is 10.1. The molecule has 0 amide bonds. The van der Waals surface area contributed by atoms with Crippen molar-refractivity contribution in [1.29, 1.82) is 0 Å². The first-order valence-corrected chi connectivity index (χ1v) is 10.6. The van der Waals surface area contributed by atoms with E-state index in [2.05, 4.69) is 0 Å². The van der Waals surface area contributed by atoms with E-state index >= 15 is 0 Å². The number of nitrogens with zero attached hydrogens (tertiary/aromatic N) is 1. The van der Waals surface area contributed by atoms with Gasteiger partial charge in [0.15, 0.2) is 19.7 Å². The minimum absolute atomic E-state index is 0.00851. The highest BCUT2D eigenvalue weighted by Crippen LogP contribution is 2.40. The van der Waals surface area contributed by atoms with E-state index in [-0.39, 0.29) is 40.3 Å². The Labute approximate surface area is 116 Å². The Kier molecular flexibility index (Phi) is 2.97. The Balaban J connectivity index is 1.86. The second kappa shape index (κ2) is 4.07. The van der Waals surface area contributed by atoms with Crippen LogP contribution >= 0.6 is 24.0 Å². The summed E-state index contributed by atoms with van der Waals surface area (Å²) in [5, 5.41) is -0.00851. The Morgan fingerprint density at radius 3 is 2.44 bits per heavy atom. The van der Waals surface area contributed by atoms with Crippen molar-refractivity contribution < 1.29 is 16.8 Å². The molecule has 0 unspecified atom stereocenters. The molecule has 3 aliphatic heterocycles. The first-order valence-electron chi connectivity index (χ1n) is 5.67. The topological polar surface area (TPSA) is 71.5 Å². The van der Waals surface area contributed by atoms with Crippen molar-refractivity contribution in [2.45, 2.75) is 23.8 Å². The molecule has 0 saturated carbocycles. The summed E-state index contributed by atoms with van der Waals surface area (Å²) in [4.78, 5) is 1.89. The van der Waals surface area contributed by atoms with Crippen molar-refractivity contribution in [3.05, 3.63) is 0 Å². The van der Waals surface area contributed by atoms with Crippen LogP contribution in [0.1, 0.15) is 6.42 Å². The van der Waals surface area contributed by atoms with Crippen LogP contribution in [0, 0.1) is 0 Å². The summed E-state index contributed by atoms with van der Waals surface area (Å²) in [6, 6.07) is -0.246. The van der Waals surface area contributed by atoms with Crippen molar-refractivity contribution in [1.82, 2.24) is 4.90 Å². The summed E-state index contributed by atoms with van der Waals surface area (Å²) in [7, 11) is -5.97. The Morgan fingerprint density at radius 1 is 1.11 bits per heavy atom. The molecule has 0 aromatic carbocycles. The quantitative estimate of drug-likeness (QED) is 0.611. The second-order valence-electron chi connectivity index (χ2n) is 5.03.